The molecule has 3 aromatic carbocycles. The molecular weight excluding hydrogens is 388 g/mol. The minimum Gasteiger partial charge on any atom is -0.444 e. The molecule has 0 saturated heterocycles. The van der Waals surface area contributed by atoms with Gasteiger partial charge in [-0.05, 0) is 42.7 Å². The van der Waals surface area contributed by atoms with E-state index in [9.17, 15) is 9.59 Å². The molecular formula is C26H30N2O3. The molecule has 1 N–H and O–H groups in total. The van der Waals surface area contributed by atoms with Gasteiger partial charge in [0.25, 0.3) is 0 Å². The van der Waals surface area contributed by atoms with Crippen molar-refractivity contribution in [2.45, 2.75) is 38.8 Å². The molecule has 0 saturated carbocycles. The average Bonchev–Trinajstić information content (AvgIpc) is 2.73. The summed E-state index contributed by atoms with van der Waals surface area (Å²) in [5.41, 5.74) is 1.31. The Kier molecular flexibility index (Phi) is 6.95. The van der Waals surface area contributed by atoms with Gasteiger partial charge >= 0.3 is 6.09 Å². The highest BCUT2D eigenvalue weighted by Gasteiger charge is 2.26. The van der Waals surface area contributed by atoms with Crippen molar-refractivity contribution in [2.75, 3.05) is 13.6 Å². The van der Waals surface area contributed by atoms with Gasteiger partial charge in [0.2, 0.25) is 5.91 Å². The fourth-order valence-corrected chi connectivity index (χ4v) is 3.47. The Morgan fingerprint density at radius 3 is 2.26 bits per heavy atom. The number of likely N-dealkylation sites (N-methyl/N-ethyl adjacent to an activating group) is 1. The quantitative estimate of drug-likeness (QED) is 0.605. The first kappa shape index (κ1) is 22.3. The molecule has 0 aliphatic carbocycles. The molecule has 0 fully saturated rings. The van der Waals surface area contributed by atoms with Gasteiger partial charge in [-0.25, -0.2) is 4.79 Å². The van der Waals surface area contributed by atoms with Crippen molar-refractivity contribution in [3.63, 3.8) is 0 Å². The normalized spacial score (nSPS) is 12.3. The molecule has 5 heteroatoms. The molecule has 31 heavy (non-hydrogen) atoms. The number of ether oxygens (including phenoxy) is 1. The second-order valence-corrected chi connectivity index (χ2v) is 8.72. The number of fused-ring (bicyclic) bond motifs is 1. The maximum absolute atomic E-state index is 13.4. The molecule has 5 nitrogen and oxygen atoms in total. The summed E-state index contributed by atoms with van der Waals surface area (Å²) in [5.74, 6) is -0.582. The van der Waals surface area contributed by atoms with Crippen molar-refractivity contribution in [3.8, 4) is 0 Å². The molecule has 0 aromatic heterocycles. The summed E-state index contributed by atoms with van der Waals surface area (Å²) in [4.78, 5) is 27.3. The van der Waals surface area contributed by atoms with Crippen molar-refractivity contribution in [1.82, 2.24) is 10.2 Å². The van der Waals surface area contributed by atoms with Crippen molar-refractivity contribution < 1.29 is 14.3 Å². The van der Waals surface area contributed by atoms with Crippen LogP contribution in [-0.4, -0.2) is 36.1 Å². The lowest BCUT2D eigenvalue weighted by atomic mass is 9.94. The number of nitrogens with zero attached hydrogens (tertiary/aromatic N) is 1. The number of hydrogen-bond donors (Lipinski definition) is 1. The Morgan fingerprint density at radius 1 is 0.935 bits per heavy atom. The third-order valence-corrected chi connectivity index (χ3v) is 4.96. The van der Waals surface area contributed by atoms with Gasteiger partial charge in [-0.2, -0.15) is 0 Å². The van der Waals surface area contributed by atoms with Crippen molar-refractivity contribution in [2.24, 2.45) is 0 Å². The Labute approximate surface area is 184 Å². The van der Waals surface area contributed by atoms with Crippen LogP contribution in [0.5, 0.6) is 0 Å². The first-order valence-electron chi connectivity index (χ1n) is 10.5. The number of benzene rings is 3. The number of carbonyl (C=O) groups excluding carboxylic acids is 2. The molecule has 0 spiro atoms. The number of amides is 2. The van der Waals surface area contributed by atoms with Crippen molar-refractivity contribution in [1.29, 1.82) is 0 Å². The molecule has 0 heterocycles. The van der Waals surface area contributed by atoms with E-state index >= 15 is 0 Å². The summed E-state index contributed by atoms with van der Waals surface area (Å²) in [6.07, 6.45) is -0.531. The summed E-state index contributed by atoms with van der Waals surface area (Å²) >= 11 is 0. The second kappa shape index (κ2) is 9.65. The Morgan fingerprint density at radius 2 is 1.58 bits per heavy atom. The van der Waals surface area contributed by atoms with Crippen LogP contribution >= 0.6 is 0 Å². The zero-order valence-corrected chi connectivity index (χ0v) is 18.6. The summed E-state index contributed by atoms with van der Waals surface area (Å²) in [5, 5.41) is 4.94. The van der Waals surface area contributed by atoms with E-state index in [1.54, 1.807) is 11.9 Å². The minimum atomic E-state index is -0.601. The maximum Gasteiger partial charge on any atom is 0.407 e. The van der Waals surface area contributed by atoms with Crippen LogP contribution in [0.25, 0.3) is 10.8 Å². The lowest BCUT2D eigenvalue weighted by Crippen LogP contribution is -2.40. The number of hydrogen-bond acceptors (Lipinski definition) is 3. The fourth-order valence-electron chi connectivity index (χ4n) is 3.47. The first-order chi connectivity index (χ1) is 14.7. The summed E-state index contributed by atoms with van der Waals surface area (Å²) in [7, 11) is 1.79. The Balaban J connectivity index is 1.83. The van der Waals surface area contributed by atoms with Crippen LogP contribution in [0, 0.1) is 0 Å². The number of carbonyl (C=O) groups is 2. The van der Waals surface area contributed by atoms with E-state index in [0.29, 0.717) is 6.54 Å². The van der Waals surface area contributed by atoms with E-state index in [1.165, 1.54) is 0 Å². The first-order valence-corrected chi connectivity index (χ1v) is 10.5. The van der Waals surface area contributed by atoms with E-state index in [0.717, 1.165) is 21.9 Å². The Hall–Kier alpha value is -3.34. The average molecular weight is 419 g/mol. The van der Waals surface area contributed by atoms with Gasteiger partial charge < -0.3 is 15.0 Å². The van der Waals surface area contributed by atoms with Crippen LogP contribution < -0.4 is 5.32 Å². The molecule has 0 radical (unpaired) electrons. The maximum atomic E-state index is 13.4. The molecule has 2 amide bonds. The molecule has 162 valence electrons. The van der Waals surface area contributed by atoms with E-state index in [1.807, 2.05) is 93.6 Å². The molecule has 1 atom stereocenters. The van der Waals surface area contributed by atoms with E-state index < -0.39 is 17.6 Å². The molecule has 0 bridgehead atoms. The summed E-state index contributed by atoms with van der Waals surface area (Å²) in [6.45, 7) is 6.09. The van der Waals surface area contributed by atoms with Gasteiger partial charge in [0.05, 0.1) is 5.92 Å². The number of alkyl carbamates (subject to hydrolysis) is 1. The predicted molar refractivity (Wildman–Crippen MR) is 124 cm³/mol. The van der Waals surface area contributed by atoms with Gasteiger partial charge in [0.1, 0.15) is 5.60 Å². The standard InChI is InChI=1S/C26H30N2O3/c1-26(2,3)31-25(30)27-17-23(22-15-14-20-12-8-9-13-21(20)16-22)24(29)28(4)18-19-10-6-5-7-11-19/h5-16,23H,17-18H2,1-4H3,(H,27,30). The molecule has 0 aliphatic heterocycles. The van der Waals surface area contributed by atoms with Crippen LogP contribution in [0.2, 0.25) is 0 Å². The molecule has 3 aromatic rings. The van der Waals surface area contributed by atoms with Crippen LogP contribution in [0.1, 0.15) is 37.8 Å². The van der Waals surface area contributed by atoms with Gasteiger partial charge in [-0.15, -0.1) is 0 Å². The van der Waals surface area contributed by atoms with Crippen LogP contribution in [-0.2, 0) is 16.1 Å². The molecule has 0 aliphatic rings. The lowest BCUT2D eigenvalue weighted by Gasteiger charge is -2.26. The highest BCUT2D eigenvalue weighted by atomic mass is 16.6. The SMILES string of the molecule is CN(Cc1ccccc1)C(=O)C(CNC(=O)OC(C)(C)C)c1ccc2ccccc2c1. The van der Waals surface area contributed by atoms with Crippen LogP contribution in [0.3, 0.4) is 0 Å². The monoisotopic (exact) mass is 418 g/mol. The summed E-state index contributed by atoms with van der Waals surface area (Å²) in [6, 6.07) is 23.9. The van der Waals surface area contributed by atoms with E-state index in [4.69, 9.17) is 4.74 Å². The van der Waals surface area contributed by atoms with E-state index in [-0.39, 0.29) is 12.5 Å². The van der Waals surface area contributed by atoms with Crippen molar-refractivity contribution >= 4 is 22.8 Å². The summed E-state index contributed by atoms with van der Waals surface area (Å²) < 4.78 is 5.36. The second-order valence-electron chi connectivity index (χ2n) is 8.72. The van der Waals surface area contributed by atoms with Crippen LogP contribution in [0.15, 0.2) is 72.8 Å². The minimum absolute atomic E-state index is 0.0600. The highest BCUT2D eigenvalue weighted by molar-refractivity contribution is 5.88. The predicted octanol–water partition coefficient (Wildman–Crippen LogP) is 5.11. The third-order valence-electron chi connectivity index (χ3n) is 4.96. The Bertz CT molecular complexity index is 1040. The zero-order chi connectivity index (χ0) is 22.4. The smallest absolute Gasteiger partial charge is 0.407 e. The number of rotatable bonds is 6. The van der Waals surface area contributed by atoms with Crippen molar-refractivity contribution in [3.05, 3.63) is 83.9 Å². The fraction of sp³-hybridized carbons (Fsp3) is 0.308. The number of nitrogens with one attached hydrogen (secondary N) is 1. The highest BCUT2D eigenvalue weighted by Crippen LogP contribution is 2.24. The molecule has 3 rings (SSSR count). The largest absolute Gasteiger partial charge is 0.444 e. The third kappa shape index (κ3) is 6.32. The molecule has 1 unspecified atom stereocenters. The van der Waals surface area contributed by atoms with Gasteiger partial charge in [-0.1, -0.05) is 72.8 Å². The topological polar surface area (TPSA) is 58.6 Å². The van der Waals surface area contributed by atoms with Gasteiger partial charge in [0, 0.05) is 20.1 Å². The zero-order valence-electron chi connectivity index (χ0n) is 18.6. The van der Waals surface area contributed by atoms with Crippen LogP contribution in [0.4, 0.5) is 4.79 Å². The van der Waals surface area contributed by atoms with Gasteiger partial charge in [-0.3, -0.25) is 4.79 Å². The lowest BCUT2D eigenvalue weighted by molar-refractivity contribution is -0.131. The van der Waals surface area contributed by atoms with E-state index in [2.05, 4.69) is 5.32 Å². The van der Waals surface area contributed by atoms with Gasteiger partial charge in [0.15, 0.2) is 0 Å².